The Bertz CT molecular complexity index is 930. The Morgan fingerprint density at radius 3 is 2.68 bits per heavy atom. The summed E-state index contributed by atoms with van der Waals surface area (Å²) in [4.78, 5) is 20.3. The van der Waals surface area contributed by atoms with E-state index in [1.54, 1.807) is 12.3 Å². The maximum Gasteiger partial charge on any atom is 0.339 e. The Hall–Kier alpha value is -2.56. The third-order valence-electron chi connectivity index (χ3n) is 4.35. The fourth-order valence-electron chi connectivity index (χ4n) is 2.82. The second kappa shape index (κ2) is 8.63. The molecule has 0 amide bonds. The number of rotatable bonds is 6. The molecule has 0 aliphatic carbocycles. The van der Waals surface area contributed by atoms with Crippen molar-refractivity contribution in [1.82, 2.24) is 14.3 Å². The molecule has 1 N–H and O–H groups in total. The van der Waals surface area contributed by atoms with E-state index < -0.39 is 16.0 Å². The van der Waals surface area contributed by atoms with Crippen molar-refractivity contribution in [2.75, 3.05) is 38.7 Å². The highest BCUT2D eigenvalue weighted by atomic mass is 32.2. The molecule has 2 aromatic heterocycles. The molecule has 1 atom stereocenters. The highest BCUT2D eigenvalue weighted by Crippen LogP contribution is 2.27. The number of methoxy groups -OCH3 is 1. The van der Waals surface area contributed by atoms with Crippen LogP contribution in [0.15, 0.2) is 41.6 Å². The van der Waals surface area contributed by atoms with Crippen LogP contribution in [0.4, 0.5) is 5.82 Å². The molecule has 10 heteroatoms. The number of aromatic nitrogens is 2. The Balaban J connectivity index is 2.00. The Morgan fingerprint density at radius 1 is 1.29 bits per heavy atom. The molecular formula is C18H22N4O5S. The molecule has 0 bridgehead atoms. The first-order valence-corrected chi connectivity index (χ1v) is 10.2. The van der Waals surface area contributed by atoms with Gasteiger partial charge in [0.05, 0.1) is 37.6 Å². The van der Waals surface area contributed by atoms with Crippen molar-refractivity contribution in [1.29, 1.82) is 0 Å². The minimum atomic E-state index is -3.88. The van der Waals surface area contributed by atoms with Crippen LogP contribution in [0.5, 0.6) is 0 Å². The second-order valence-corrected chi connectivity index (χ2v) is 8.11. The number of hydrogen-bond donors (Lipinski definition) is 1. The van der Waals surface area contributed by atoms with E-state index in [1.165, 1.54) is 23.7 Å². The molecule has 0 spiro atoms. The summed E-state index contributed by atoms with van der Waals surface area (Å²) in [7, 11) is -2.65. The molecule has 150 valence electrons. The summed E-state index contributed by atoms with van der Waals surface area (Å²) in [6, 6.07) is 6.47. The number of morpholine rings is 1. The fourth-order valence-corrected chi connectivity index (χ4v) is 4.36. The van der Waals surface area contributed by atoms with Gasteiger partial charge in [0.15, 0.2) is 0 Å². The zero-order valence-corrected chi connectivity index (χ0v) is 16.5. The van der Waals surface area contributed by atoms with E-state index in [1.807, 2.05) is 19.1 Å². The smallest absolute Gasteiger partial charge is 0.339 e. The van der Waals surface area contributed by atoms with Gasteiger partial charge in [0.25, 0.3) is 0 Å². The number of anilines is 1. The lowest BCUT2D eigenvalue weighted by atomic mass is 10.2. The molecule has 1 unspecified atom stereocenters. The molecule has 0 radical (unpaired) electrons. The van der Waals surface area contributed by atoms with E-state index >= 15 is 0 Å². The zero-order chi connectivity index (χ0) is 20.1. The Labute approximate surface area is 163 Å². The van der Waals surface area contributed by atoms with Crippen molar-refractivity contribution in [3.05, 3.63) is 47.9 Å². The van der Waals surface area contributed by atoms with Gasteiger partial charge in [0.2, 0.25) is 10.0 Å². The highest BCUT2D eigenvalue weighted by Gasteiger charge is 2.31. The lowest BCUT2D eigenvalue weighted by Gasteiger charge is -2.27. The summed E-state index contributed by atoms with van der Waals surface area (Å²) in [6.07, 6.45) is 2.95. The highest BCUT2D eigenvalue weighted by molar-refractivity contribution is 7.89. The predicted octanol–water partition coefficient (Wildman–Crippen LogP) is 1.46. The molecule has 1 fully saturated rings. The van der Waals surface area contributed by atoms with Crippen LogP contribution in [-0.4, -0.2) is 62.1 Å². The van der Waals surface area contributed by atoms with Gasteiger partial charge >= 0.3 is 5.97 Å². The van der Waals surface area contributed by atoms with Gasteiger partial charge in [0.1, 0.15) is 10.7 Å². The van der Waals surface area contributed by atoms with E-state index in [2.05, 4.69) is 15.3 Å². The van der Waals surface area contributed by atoms with Gasteiger partial charge in [-0.25, -0.2) is 18.2 Å². The van der Waals surface area contributed by atoms with Crippen molar-refractivity contribution < 1.29 is 22.7 Å². The van der Waals surface area contributed by atoms with Crippen molar-refractivity contribution in [2.24, 2.45) is 0 Å². The lowest BCUT2D eigenvalue weighted by Crippen LogP contribution is -2.41. The topological polar surface area (TPSA) is 111 Å². The van der Waals surface area contributed by atoms with Crippen LogP contribution in [0.3, 0.4) is 0 Å². The molecule has 1 aliphatic heterocycles. The molecule has 3 rings (SSSR count). The monoisotopic (exact) mass is 406 g/mol. The largest absolute Gasteiger partial charge is 0.465 e. The van der Waals surface area contributed by atoms with Crippen LogP contribution in [-0.2, 0) is 19.5 Å². The van der Waals surface area contributed by atoms with Crippen LogP contribution in [0, 0.1) is 0 Å². The third kappa shape index (κ3) is 4.29. The van der Waals surface area contributed by atoms with Gasteiger partial charge in [0, 0.05) is 25.5 Å². The van der Waals surface area contributed by atoms with Gasteiger partial charge in [-0.3, -0.25) is 4.98 Å². The first-order valence-electron chi connectivity index (χ1n) is 8.77. The number of pyridine rings is 2. The summed E-state index contributed by atoms with van der Waals surface area (Å²) >= 11 is 0. The minimum absolute atomic E-state index is 0.0605. The molecule has 28 heavy (non-hydrogen) atoms. The first-order chi connectivity index (χ1) is 13.4. The van der Waals surface area contributed by atoms with E-state index in [0.717, 1.165) is 5.69 Å². The average Bonchev–Trinajstić information content (AvgIpc) is 2.74. The maximum atomic E-state index is 13.2. The molecule has 0 saturated carbocycles. The van der Waals surface area contributed by atoms with Gasteiger partial charge in [-0.1, -0.05) is 6.07 Å². The van der Waals surface area contributed by atoms with Crippen LogP contribution >= 0.6 is 0 Å². The summed E-state index contributed by atoms with van der Waals surface area (Å²) in [5, 5.41) is 3.09. The van der Waals surface area contributed by atoms with E-state index in [4.69, 9.17) is 9.47 Å². The van der Waals surface area contributed by atoms with Gasteiger partial charge in [-0.05, 0) is 25.1 Å². The average molecular weight is 406 g/mol. The quantitative estimate of drug-likeness (QED) is 0.718. The Kier molecular flexibility index (Phi) is 6.22. The van der Waals surface area contributed by atoms with Crippen LogP contribution in [0.2, 0.25) is 0 Å². The Morgan fingerprint density at radius 2 is 2.04 bits per heavy atom. The molecule has 1 saturated heterocycles. The van der Waals surface area contributed by atoms with E-state index in [9.17, 15) is 13.2 Å². The second-order valence-electron chi connectivity index (χ2n) is 6.20. The van der Waals surface area contributed by atoms with Crippen LogP contribution < -0.4 is 5.32 Å². The maximum absolute atomic E-state index is 13.2. The zero-order valence-electron chi connectivity index (χ0n) is 15.7. The number of hydrogen-bond acceptors (Lipinski definition) is 8. The molecule has 9 nitrogen and oxygen atoms in total. The molecule has 3 heterocycles. The normalized spacial score (nSPS) is 16.4. The minimum Gasteiger partial charge on any atom is -0.465 e. The predicted molar refractivity (Wildman–Crippen MR) is 101 cm³/mol. The standard InChI is InChI=1S/C18H22N4O5S/c1-13(15-5-3-4-6-19-15)21-17-16(11-14(12-20-17)18(23)26-2)28(24,25)22-7-9-27-10-8-22/h3-6,11-13H,7-10H2,1-2H3,(H,20,21). The van der Waals surface area contributed by atoms with Crippen molar-refractivity contribution >= 4 is 21.8 Å². The van der Waals surface area contributed by atoms with Crippen molar-refractivity contribution in [3.8, 4) is 0 Å². The van der Waals surface area contributed by atoms with E-state index in [0.29, 0.717) is 13.2 Å². The molecule has 1 aliphatic rings. The van der Waals surface area contributed by atoms with Crippen molar-refractivity contribution in [3.63, 3.8) is 0 Å². The van der Waals surface area contributed by atoms with Gasteiger partial charge < -0.3 is 14.8 Å². The molecular weight excluding hydrogens is 384 g/mol. The van der Waals surface area contributed by atoms with Crippen molar-refractivity contribution in [2.45, 2.75) is 17.9 Å². The van der Waals surface area contributed by atoms with Gasteiger partial charge in [-0.15, -0.1) is 0 Å². The number of carbonyl (C=O) groups is 1. The molecule has 0 aromatic carbocycles. The summed E-state index contributed by atoms with van der Waals surface area (Å²) in [5.41, 5.74) is 0.793. The fraction of sp³-hybridized carbons (Fsp3) is 0.389. The summed E-state index contributed by atoms with van der Waals surface area (Å²) in [5.74, 6) is -0.507. The number of sulfonamides is 1. The SMILES string of the molecule is COC(=O)c1cnc(NC(C)c2ccccn2)c(S(=O)(=O)N2CCOCC2)c1. The number of ether oxygens (including phenoxy) is 2. The lowest BCUT2D eigenvalue weighted by molar-refractivity contribution is 0.0600. The third-order valence-corrected chi connectivity index (χ3v) is 6.26. The first kappa shape index (κ1) is 20.2. The number of nitrogens with one attached hydrogen (secondary N) is 1. The summed E-state index contributed by atoms with van der Waals surface area (Å²) in [6.45, 7) is 2.95. The van der Waals surface area contributed by atoms with E-state index in [-0.39, 0.29) is 35.4 Å². The number of esters is 1. The number of carbonyl (C=O) groups excluding carboxylic acids is 1. The summed E-state index contributed by atoms with van der Waals surface area (Å²) < 4.78 is 37.7. The number of nitrogens with zero attached hydrogens (tertiary/aromatic N) is 3. The van der Waals surface area contributed by atoms with Crippen LogP contribution in [0.1, 0.15) is 29.0 Å². The van der Waals surface area contributed by atoms with Gasteiger partial charge in [-0.2, -0.15) is 4.31 Å². The van der Waals surface area contributed by atoms with Crippen LogP contribution in [0.25, 0.3) is 0 Å². The molecule has 2 aromatic rings.